The summed E-state index contributed by atoms with van der Waals surface area (Å²) < 4.78 is 26.9. The van der Waals surface area contributed by atoms with Gasteiger partial charge in [0, 0.05) is 25.7 Å². The minimum atomic E-state index is -3.20. The first kappa shape index (κ1) is 14.2. The van der Waals surface area contributed by atoms with Crippen molar-refractivity contribution in [2.45, 2.75) is 49.8 Å². The van der Waals surface area contributed by atoms with Gasteiger partial charge in [-0.15, -0.1) is 0 Å². The fraction of sp³-hybridized carbons (Fsp3) is 1.00. The van der Waals surface area contributed by atoms with Gasteiger partial charge in [-0.3, -0.25) is 0 Å². The minimum absolute atomic E-state index is 0.00989. The van der Waals surface area contributed by atoms with Gasteiger partial charge in [0.15, 0.2) is 0 Å². The second kappa shape index (κ2) is 6.32. The summed E-state index contributed by atoms with van der Waals surface area (Å²) in [5, 5.41) is 12.0. The van der Waals surface area contributed by atoms with Gasteiger partial charge >= 0.3 is 0 Å². The quantitative estimate of drug-likeness (QED) is 0.775. The summed E-state index contributed by atoms with van der Waals surface area (Å²) in [6.07, 6.45) is 5.17. The van der Waals surface area contributed by atoms with Gasteiger partial charge < -0.3 is 10.4 Å². The second-order valence-corrected chi connectivity index (χ2v) is 7.45. The van der Waals surface area contributed by atoms with Crippen LogP contribution in [0.5, 0.6) is 0 Å². The molecule has 2 fully saturated rings. The number of hydrogen-bond acceptors (Lipinski definition) is 4. The lowest BCUT2D eigenvalue weighted by Crippen LogP contribution is -2.51. The van der Waals surface area contributed by atoms with E-state index in [0.29, 0.717) is 19.5 Å². The van der Waals surface area contributed by atoms with Crippen molar-refractivity contribution in [3.63, 3.8) is 0 Å². The molecule has 0 spiro atoms. The monoisotopic (exact) mass is 276 g/mol. The molecule has 2 rings (SSSR count). The summed E-state index contributed by atoms with van der Waals surface area (Å²) in [6.45, 7) is 2.19. The summed E-state index contributed by atoms with van der Waals surface area (Å²) in [5.41, 5.74) is 0. The summed E-state index contributed by atoms with van der Waals surface area (Å²) >= 11 is 0. The lowest BCUT2D eigenvalue weighted by Gasteiger charge is -2.37. The van der Waals surface area contributed by atoms with Gasteiger partial charge in [-0.2, -0.15) is 4.31 Å². The Kier molecular flexibility index (Phi) is 5.00. The first-order valence-corrected chi connectivity index (χ1v) is 8.49. The maximum absolute atomic E-state index is 12.6. The molecule has 2 aliphatic heterocycles. The first-order valence-electron chi connectivity index (χ1n) is 6.98. The highest BCUT2D eigenvalue weighted by atomic mass is 32.2. The van der Waals surface area contributed by atoms with Crippen molar-refractivity contribution >= 4 is 10.0 Å². The van der Waals surface area contributed by atoms with Crippen molar-refractivity contribution in [1.82, 2.24) is 9.62 Å². The molecule has 5 nitrogen and oxygen atoms in total. The molecule has 0 bridgehead atoms. The number of aliphatic hydroxyl groups is 1. The highest BCUT2D eigenvalue weighted by molar-refractivity contribution is 7.89. The van der Waals surface area contributed by atoms with E-state index in [0.717, 1.165) is 38.6 Å². The molecule has 0 aliphatic carbocycles. The van der Waals surface area contributed by atoms with Crippen LogP contribution in [-0.4, -0.2) is 55.4 Å². The summed E-state index contributed by atoms with van der Waals surface area (Å²) in [5.74, 6) is 0. The van der Waals surface area contributed by atoms with E-state index in [1.165, 1.54) is 0 Å². The number of aliphatic hydroxyl groups excluding tert-OH is 1. The molecule has 0 saturated carbocycles. The highest BCUT2D eigenvalue weighted by Gasteiger charge is 2.37. The standard InChI is InChI=1S/C12H24N2O3S/c15-9-6-11-4-1-2-8-14(11)18(16,17)12-5-3-7-13-10-12/h11-13,15H,1-10H2. The molecule has 0 radical (unpaired) electrons. The maximum Gasteiger partial charge on any atom is 0.218 e. The summed E-state index contributed by atoms with van der Waals surface area (Å²) in [6, 6.07) is 0.00989. The molecule has 0 amide bonds. The lowest BCUT2D eigenvalue weighted by atomic mass is 10.0. The Hall–Kier alpha value is -0.170. The average Bonchev–Trinajstić information content (AvgIpc) is 2.41. The average molecular weight is 276 g/mol. The first-order chi connectivity index (χ1) is 8.66. The molecule has 18 heavy (non-hydrogen) atoms. The molecule has 2 N–H and O–H groups in total. The smallest absolute Gasteiger partial charge is 0.218 e. The van der Waals surface area contributed by atoms with Gasteiger partial charge in [0.05, 0.1) is 5.25 Å². The molecular formula is C12H24N2O3S. The van der Waals surface area contributed by atoms with Crippen LogP contribution in [0.25, 0.3) is 0 Å². The predicted molar refractivity (Wildman–Crippen MR) is 70.9 cm³/mol. The molecule has 2 saturated heterocycles. The molecule has 106 valence electrons. The predicted octanol–water partition coefficient (Wildman–Crippen LogP) is 0.305. The van der Waals surface area contributed by atoms with Gasteiger partial charge in [-0.25, -0.2) is 8.42 Å². The Morgan fingerprint density at radius 2 is 2.06 bits per heavy atom. The zero-order chi connectivity index (χ0) is 13.0. The Bertz CT molecular complexity index is 350. The number of nitrogens with one attached hydrogen (secondary N) is 1. The van der Waals surface area contributed by atoms with Crippen molar-refractivity contribution in [2.24, 2.45) is 0 Å². The number of piperidine rings is 2. The lowest BCUT2D eigenvalue weighted by molar-refractivity contribution is 0.190. The van der Waals surface area contributed by atoms with Gasteiger partial charge in [0.25, 0.3) is 0 Å². The van der Waals surface area contributed by atoms with Crippen molar-refractivity contribution in [1.29, 1.82) is 0 Å². The SMILES string of the molecule is O=S(=O)(C1CCCNC1)N1CCCCC1CCO. The van der Waals surface area contributed by atoms with Crippen molar-refractivity contribution in [2.75, 3.05) is 26.2 Å². The third-order valence-corrected chi connectivity index (χ3v) is 6.41. The summed E-state index contributed by atoms with van der Waals surface area (Å²) in [7, 11) is -3.20. The molecule has 2 aliphatic rings. The zero-order valence-corrected chi connectivity index (χ0v) is 11.7. The molecule has 2 atom stereocenters. The Labute approximate surface area is 110 Å². The molecule has 0 aromatic rings. The highest BCUT2D eigenvalue weighted by Crippen LogP contribution is 2.26. The van der Waals surface area contributed by atoms with Gasteiger partial charge in [-0.1, -0.05) is 6.42 Å². The third-order valence-electron chi connectivity index (χ3n) is 4.04. The van der Waals surface area contributed by atoms with E-state index < -0.39 is 10.0 Å². The van der Waals surface area contributed by atoms with Crippen LogP contribution in [0, 0.1) is 0 Å². The van der Waals surface area contributed by atoms with Crippen LogP contribution in [0.15, 0.2) is 0 Å². The molecule has 2 heterocycles. The maximum atomic E-state index is 12.6. The van der Waals surface area contributed by atoms with Crippen LogP contribution in [0.2, 0.25) is 0 Å². The fourth-order valence-corrected chi connectivity index (χ4v) is 5.20. The molecule has 2 unspecified atom stereocenters. The van der Waals surface area contributed by atoms with Crippen LogP contribution in [-0.2, 0) is 10.0 Å². The van der Waals surface area contributed by atoms with E-state index in [2.05, 4.69) is 5.32 Å². The van der Waals surface area contributed by atoms with Gasteiger partial charge in [0.1, 0.15) is 0 Å². The van der Waals surface area contributed by atoms with Gasteiger partial charge in [-0.05, 0) is 38.6 Å². The largest absolute Gasteiger partial charge is 0.396 e. The molecule has 0 aromatic carbocycles. The van der Waals surface area contributed by atoms with Crippen LogP contribution in [0.4, 0.5) is 0 Å². The van der Waals surface area contributed by atoms with Crippen molar-refractivity contribution in [3.05, 3.63) is 0 Å². The number of rotatable bonds is 4. The Morgan fingerprint density at radius 3 is 2.72 bits per heavy atom. The number of nitrogens with zero attached hydrogens (tertiary/aromatic N) is 1. The topological polar surface area (TPSA) is 69.6 Å². The normalized spacial score (nSPS) is 31.4. The number of sulfonamides is 1. The van der Waals surface area contributed by atoms with Crippen LogP contribution in [0.3, 0.4) is 0 Å². The molecular weight excluding hydrogens is 252 g/mol. The Balaban J connectivity index is 2.10. The fourth-order valence-electron chi connectivity index (χ4n) is 3.01. The van der Waals surface area contributed by atoms with E-state index in [1.54, 1.807) is 4.31 Å². The molecule has 6 heteroatoms. The van der Waals surface area contributed by atoms with Gasteiger partial charge in [0.2, 0.25) is 10.0 Å². The van der Waals surface area contributed by atoms with Crippen molar-refractivity contribution < 1.29 is 13.5 Å². The third kappa shape index (κ3) is 3.04. The van der Waals surface area contributed by atoms with Crippen LogP contribution >= 0.6 is 0 Å². The van der Waals surface area contributed by atoms with Crippen molar-refractivity contribution in [3.8, 4) is 0 Å². The Morgan fingerprint density at radius 1 is 1.22 bits per heavy atom. The number of hydrogen-bond donors (Lipinski definition) is 2. The van der Waals surface area contributed by atoms with E-state index in [-0.39, 0.29) is 17.9 Å². The van der Waals surface area contributed by atoms with E-state index in [4.69, 9.17) is 5.11 Å². The summed E-state index contributed by atoms with van der Waals surface area (Å²) in [4.78, 5) is 0. The second-order valence-electron chi connectivity index (χ2n) is 5.29. The zero-order valence-electron chi connectivity index (χ0n) is 10.8. The molecule has 0 aromatic heterocycles. The van der Waals surface area contributed by atoms with Crippen LogP contribution in [0.1, 0.15) is 38.5 Å². The van der Waals surface area contributed by atoms with E-state index >= 15 is 0 Å². The van der Waals surface area contributed by atoms with Crippen LogP contribution < -0.4 is 5.32 Å². The minimum Gasteiger partial charge on any atom is -0.396 e. The van der Waals surface area contributed by atoms with E-state index in [1.807, 2.05) is 0 Å². The van der Waals surface area contributed by atoms with E-state index in [9.17, 15) is 8.42 Å².